The summed E-state index contributed by atoms with van der Waals surface area (Å²) in [4.78, 5) is 30.7. The molecule has 2 heterocycles. The quantitative estimate of drug-likeness (QED) is 0.293. The summed E-state index contributed by atoms with van der Waals surface area (Å²) in [6.07, 6.45) is 2.77. The Morgan fingerprint density at radius 2 is 1.81 bits per heavy atom. The first-order valence-corrected chi connectivity index (χ1v) is 11.3. The Hall–Kier alpha value is -4.90. The summed E-state index contributed by atoms with van der Waals surface area (Å²) in [5.41, 5.74) is 2.04. The number of ether oxygens (including phenoxy) is 2. The van der Waals surface area contributed by atoms with Crippen LogP contribution >= 0.6 is 0 Å². The summed E-state index contributed by atoms with van der Waals surface area (Å²) < 4.78 is 12.8. The minimum absolute atomic E-state index is 0.00202. The highest BCUT2D eigenvalue weighted by Crippen LogP contribution is 2.26. The van der Waals surface area contributed by atoms with Crippen molar-refractivity contribution in [2.24, 2.45) is 0 Å². The van der Waals surface area contributed by atoms with E-state index in [1.807, 2.05) is 45.0 Å². The first-order chi connectivity index (χ1) is 17.4. The molecule has 8 heteroatoms. The zero-order valence-corrected chi connectivity index (χ0v) is 20.1. The normalized spacial score (nSPS) is 11.1. The molecule has 36 heavy (non-hydrogen) atoms. The second-order valence-corrected chi connectivity index (χ2v) is 8.07. The van der Waals surface area contributed by atoms with E-state index in [4.69, 9.17) is 9.47 Å². The van der Waals surface area contributed by atoms with Gasteiger partial charge < -0.3 is 14.8 Å². The summed E-state index contributed by atoms with van der Waals surface area (Å²) >= 11 is 0. The molecular formula is C28H24N4O4. The fourth-order valence-electron chi connectivity index (χ4n) is 3.68. The highest BCUT2D eigenvalue weighted by Gasteiger charge is 2.18. The number of nitrogens with zero attached hydrogens (tertiary/aromatic N) is 3. The molecule has 0 spiro atoms. The molecule has 0 aliphatic heterocycles. The lowest BCUT2D eigenvalue weighted by Gasteiger charge is -2.11. The molecule has 180 valence electrons. The molecule has 0 fully saturated rings. The predicted octanol–water partition coefficient (Wildman–Crippen LogP) is 5.05. The molecule has 8 nitrogen and oxygen atoms in total. The van der Waals surface area contributed by atoms with Crippen molar-refractivity contribution in [3.8, 4) is 23.4 Å². The maximum absolute atomic E-state index is 13.3. The zero-order chi connectivity index (χ0) is 25.7. The predicted molar refractivity (Wildman–Crippen MR) is 137 cm³/mol. The van der Waals surface area contributed by atoms with Crippen molar-refractivity contribution in [3.05, 3.63) is 99.5 Å². The van der Waals surface area contributed by atoms with Crippen LogP contribution in [-0.4, -0.2) is 21.9 Å². The van der Waals surface area contributed by atoms with E-state index in [-0.39, 0.29) is 17.0 Å². The Labute approximate surface area is 208 Å². The number of hydrogen-bond donors (Lipinski definition) is 1. The van der Waals surface area contributed by atoms with Crippen LogP contribution in [0.4, 0.5) is 5.69 Å². The fourth-order valence-corrected chi connectivity index (χ4v) is 3.68. The molecule has 2 aromatic carbocycles. The average molecular weight is 481 g/mol. The van der Waals surface area contributed by atoms with Crippen molar-refractivity contribution >= 4 is 23.3 Å². The van der Waals surface area contributed by atoms with Crippen LogP contribution < -0.4 is 20.3 Å². The number of rotatable bonds is 7. The van der Waals surface area contributed by atoms with Gasteiger partial charge in [0, 0.05) is 11.9 Å². The second-order valence-electron chi connectivity index (χ2n) is 8.07. The third-order valence-corrected chi connectivity index (χ3v) is 5.22. The first-order valence-electron chi connectivity index (χ1n) is 11.3. The maximum atomic E-state index is 13.3. The van der Waals surface area contributed by atoms with Crippen molar-refractivity contribution in [1.29, 1.82) is 5.26 Å². The topological polar surface area (TPSA) is 106 Å². The minimum Gasteiger partial charge on any atom is -0.494 e. The Balaban J connectivity index is 1.75. The zero-order valence-electron chi connectivity index (χ0n) is 20.1. The first kappa shape index (κ1) is 24.2. The van der Waals surface area contributed by atoms with Gasteiger partial charge >= 0.3 is 0 Å². The lowest BCUT2D eigenvalue weighted by molar-refractivity contribution is -0.112. The van der Waals surface area contributed by atoms with Crippen LogP contribution in [0.15, 0.2) is 77.2 Å². The number of anilines is 1. The van der Waals surface area contributed by atoms with E-state index in [9.17, 15) is 14.9 Å². The van der Waals surface area contributed by atoms with Gasteiger partial charge in [0.15, 0.2) is 0 Å². The monoisotopic (exact) mass is 480 g/mol. The van der Waals surface area contributed by atoms with Gasteiger partial charge in [-0.1, -0.05) is 12.1 Å². The maximum Gasteiger partial charge on any atom is 0.269 e. The molecule has 1 amide bonds. The van der Waals surface area contributed by atoms with Gasteiger partial charge in [0.05, 0.1) is 6.61 Å². The van der Waals surface area contributed by atoms with Crippen LogP contribution in [0.5, 0.6) is 17.4 Å². The summed E-state index contributed by atoms with van der Waals surface area (Å²) in [5, 5.41) is 12.4. The number of fused-ring (bicyclic) bond motifs is 1. The molecule has 4 aromatic rings. The molecule has 0 atom stereocenters. The molecule has 0 radical (unpaired) electrons. The Morgan fingerprint density at radius 3 is 2.47 bits per heavy atom. The summed E-state index contributed by atoms with van der Waals surface area (Å²) in [7, 11) is 0. The number of carbonyl (C=O) groups excluding carboxylic acids is 1. The Kier molecular flexibility index (Phi) is 7.12. The molecule has 0 bridgehead atoms. The van der Waals surface area contributed by atoms with Crippen LogP contribution in [0.3, 0.4) is 0 Å². The summed E-state index contributed by atoms with van der Waals surface area (Å²) in [5.74, 6) is 0.482. The number of carbonyl (C=O) groups is 1. The van der Waals surface area contributed by atoms with Crippen molar-refractivity contribution < 1.29 is 14.3 Å². The molecule has 0 aliphatic rings. The number of pyridine rings is 1. The number of aryl methyl sites for hydroxylation is 2. The Morgan fingerprint density at radius 1 is 1.08 bits per heavy atom. The van der Waals surface area contributed by atoms with Crippen LogP contribution in [0.2, 0.25) is 0 Å². The SMILES string of the molecule is CCOc1ccc(NC(=O)/C(C#N)=C/c2c(Oc3cc(C)cc(C)c3)nc3ccccn3c2=O)cc1. The van der Waals surface area contributed by atoms with Crippen LogP contribution in [0, 0.1) is 25.2 Å². The minimum atomic E-state index is -0.670. The fraction of sp³-hybridized carbons (Fsp3) is 0.143. The van der Waals surface area contributed by atoms with Gasteiger partial charge in [0.2, 0.25) is 5.88 Å². The van der Waals surface area contributed by atoms with Gasteiger partial charge in [-0.05, 0) is 86.5 Å². The van der Waals surface area contributed by atoms with E-state index in [0.717, 1.165) is 11.1 Å². The van der Waals surface area contributed by atoms with Gasteiger partial charge in [-0.15, -0.1) is 0 Å². The molecule has 0 saturated heterocycles. The van der Waals surface area contributed by atoms with Crippen molar-refractivity contribution in [2.45, 2.75) is 20.8 Å². The second kappa shape index (κ2) is 10.6. The van der Waals surface area contributed by atoms with Gasteiger partial charge in [0.1, 0.15) is 34.4 Å². The van der Waals surface area contributed by atoms with E-state index in [0.29, 0.717) is 29.4 Å². The van der Waals surface area contributed by atoms with Gasteiger partial charge in [-0.3, -0.25) is 14.0 Å². The highest BCUT2D eigenvalue weighted by atomic mass is 16.5. The molecule has 1 N–H and O–H groups in total. The standard InChI is InChI=1S/C28H24N4O4/c1-4-35-22-10-8-21(9-11-22)30-26(33)20(17-29)16-24-27(36-23-14-18(2)13-19(3)15-23)31-25-7-5-6-12-32(25)28(24)34/h5-16H,4H2,1-3H3,(H,30,33)/b20-16+. The van der Waals surface area contributed by atoms with Gasteiger partial charge in [-0.25, -0.2) is 0 Å². The number of aromatic nitrogens is 2. The average Bonchev–Trinajstić information content (AvgIpc) is 2.85. The lowest BCUT2D eigenvalue weighted by Crippen LogP contribution is -2.20. The summed E-state index contributed by atoms with van der Waals surface area (Å²) in [6, 6.07) is 19.4. The third kappa shape index (κ3) is 5.42. The number of benzene rings is 2. The third-order valence-electron chi connectivity index (χ3n) is 5.22. The molecule has 0 unspecified atom stereocenters. The largest absolute Gasteiger partial charge is 0.494 e. The van der Waals surface area contributed by atoms with E-state index in [2.05, 4.69) is 10.3 Å². The molecule has 0 saturated carbocycles. The molecule has 2 aromatic heterocycles. The lowest BCUT2D eigenvalue weighted by atomic mass is 10.1. The number of amides is 1. The summed E-state index contributed by atoms with van der Waals surface area (Å²) in [6.45, 7) is 6.27. The van der Waals surface area contributed by atoms with Crippen molar-refractivity contribution in [3.63, 3.8) is 0 Å². The number of nitrogens with one attached hydrogen (secondary N) is 1. The highest BCUT2D eigenvalue weighted by molar-refractivity contribution is 6.09. The van der Waals surface area contributed by atoms with Crippen LogP contribution in [0.1, 0.15) is 23.6 Å². The van der Waals surface area contributed by atoms with Crippen molar-refractivity contribution in [2.75, 3.05) is 11.9 Å². The van der Waals surface area contributed by atoms with E-state index in [1.54, 1.807) is 48.7 Å². The smallest absolute Gasteiger partial charge is 0.269 e. The molecule has 4 rings (SSSR count). The molecular weight excluding hydrogens is 456 g/mol. The Bertz CT molecular complexity index is 1540. The van der Waals surface area contributed by atoms with E-state index >= 15 is 0 Å². The van der Waals surface area contributed by atoms with Crippen LogP contribution in [0.25, 0.3) is 11.7 Å². The number of hydrogen-bond acceptors (Lipinski definition) is 6. The number of nitriles is 1. The van der Waals surface area contributed by atoms with Gasteiger partial charge in [-0.2, -0.15) is 10.2 Å². The van der Waals surface area contributed by atoms with Gasteiger partial charge in [0.25, 0.3) is 11.5 Å². The molecule has 0 aliphatic carbocycles. The van der Waals surface area contributed by atoms with E-state index in [1.165, 1.54) is 10.5 Å². The van der Waals surface area contributed by atoms with Crippen molar-refractivity contribution in [1.82, 2.24) is 9.38 Å². The van der Waals surface area contributed by atoms with E-state index < -0.39 is 11.5 Å². The van der Waals surface area contributed by atoms with Crippen LogP contribution in [-0.2, 0) is 4.79 Å².